The van der Waals surface area contributed by atoms with Gasteiger partial charge in [-0.1, -0.05) is 31.6 Å². The Bertz CT molecular complexity index is 1130. The minimum absolute atomic E-state index is 0.281. The summed E-state index contributed by atoms with van der Waals surface area (Å²) in [5.74, 6) is 1.18. The number of aliphatic hydroxyl groups is 1. The Kier molecular flexibility index (Phi) is 5.18. The third-order valence-corrected chi connectivity index (χ3v) is 6.84. The first-order valence-electron chi connectivity index (χ1n) is 9.84. The van der Waals surface area contributed by atoms with Crippen LogP contribution in [-0.4, -0.2) is 50.7 Å². The molecule has 0 amide bonds. The number of nitrogens with zero attached hydrogens (tertiary/aromatic N) is 5. The van der Waals surface area contributed by atoms with Crippen molar-refractivity contribution in [2.24, 2.45) is 0 Å². The summed E-state index contributed by atoms with van der Waals surface area (Å²) in [4.78, 5) is 4.09. The molecule has 180 valence electrons. The van der Waals surface area contributed by atoms with Gasteiger partial charge in [0.15, 0.2) is 11.6 Å². The molecule has 1 aromatic carbocycles. The van der Waals surface area contributed by atoms with Crippen LogP contribution < -0.4 is 4.90 Å². The average molecular weight is 492 g/mol. The van der Waals surface area contributed by atoms with E-state index < -0.39 is 20.7 Å². The van der Waals surface area contributed by atoms with Gasteiger partial charge in [0, 0.05) is 20.2 Å². The van der Waals surface area contributed by atoms with Crippen LogP contribution in [0.3, 0.4) is 0 Å². The van der Waals surface area contributed by atoms with E-state index in [0.717, 1.165) is 12.1 Å². The molecule has 14 heteroatoms. The summed E-state index contributed by atoms with van der Waals surface area (Å²) < 4.78 is 70.8. The van der Waals surface area contributed by atoms with Gasteiger partial charge in [-0.05, 0) is 42.7 Å². The molecule has 2 aromatic heterocycles. The molecule has 0 saturated carbocycles. The molecule has 8 nitrogen and oxygen atoms in total. The second-order valence-electron chi connectivity index (χ2n) is 7.72. The van der Waals surface area contributed by atoms with Crippen molar-refractivity contribution < 1.29 is 29.3 Å². The number of methoxy groups -OCH3 is 1. The van der Waals surface area contributed by atoms with Crippen molar-refractivity contribution in [3.05, 3.63) is 47.8 Å². The number of H-pyrrole nitrogens is 1. The Morgan fingerprint density at radius 2 is 1.70 bits per heavy atom. The minimum Gasteiger partial charge on any atom is -0.388 e. The zero-order valence-electron chi connectivity index (χ0n) is 17.4. The topological polar surface area (TPSA) is 100 Å². The molecule has 4 rings (SSSR count). The van der Waals surface area contributed by atoms with E-state index in [1.165, 1.54) is 7.11 Å². The third kappa shape index (κ3) is 4.77. The lowest BCUT2D eigenvalue weighted by atomic mass is 9.84. The van der Waals surface area contributed by atoms with Gasteiger partial charge in [-0.3, -0.25) is 5.10 Å². The number of halogens is 5. The molecule has 3 aromatic rings. The van der Waals surface area contributed by atoms with Gasteiger partial charge in [-0.15, -0.1) is 10.2 Å². The molecule has 1 saturated heterocycles. The van der Waals surface area contributed by atoms with Gasteiger partial charge in [0.25, 0.3) is 0 Å². The molecule has 2 N–H and O–H groups in total. The molecule has 1 aliphatic heterocycles. The van der Waals surface area contributed by atoms with Crippen molar-refractivity contribution in [3.63, 3.8) is 0 Å². The molecular weight excluding hydrogens is 471 g/mol. The molecule has 0 bridgehead atoms. The Morgan fingerprint density at radius 3 is 2.18 bits per heavy atom. The lowest BCUT2D eigenvalue weighted by molar-refractivity contribution is -0.0348. The first-order valence-corrected chi connectivity index (χ1v) is 11.8. The molecule has 1 aliphatic rings. The maximum Gasteiger partial charge on any atom is 0.310 e. The number of ether oxygens (including phenoxy) is 1. The lowest BCUT2D eigenvalue weighted by Gasteiger charge is -2.43. The fraction of sp³-hybridized carbons (Fsp3) is 0.368. The van der Waals surface area contributed by atoms with Crippen LogP contribution in [0.25, 0.3) is 11.5 Å². The fourth-order valence-electron chi connectivity index (χ4n) is 3.82. The number of nitrogens with one attached hydrogen (secondary N) is 1. The van der Waals surface area contributed by atoms with Crippen LogP contribution in [0, 0.1) is 0 Å². The van der Waals surface area contributed by atoms with Crippen LogP contribution in [0.5, 0.6) is 0 Å². The zero-order valence-corrected chi connectivity index (χ0v) is 18.2. The molecule has 0 atom stereocenters. The van der Waals surface area contributed by atoms with E-state index in [1.807, 2.05) is 4.90 Å². The summed E-state index contributed by atoms with van der Waals surface area (Å²) in [6.45, 7) is 0.636. The monoisotopic (exact) mass is 492 g/mol. The fourth-order valence-corrected chi connectivity index (χ4v) is 4.47. The highest BCUT2D eigenvalue weighted by Gasteiger charge is 2.65. The van der Waals surface area contributed by atoms with Gasteiger partial charge in [0.2, 0.25) is 5.82 Å². The number of anilines is 1. The second kappa shape index (κ2) is 7.33. The molecule has 3 heterocycles. The Morgan fingerprint density at radius 1 is 1.03 bits per heavy atom. The van der Waals surface area contributed by atoms with Gasteiger partial charge >= 0.3 is 10.2 Å². The smallest absolute Gasteiger partial charge is 0.310 e. The van der Waals surface area contributed by atoms with E-state index in [0.29, 0.717) is 66.8 Å². The molecule has 0 radical (unpaired) electrons. The van der Waals surface area contributed by atoms with Crippen LogP contribution in [0.1, 0.15) is 24.2 Å². The van der Waals surface area contributed by atoms with E-state index in [-0.39, 0.29) is 6.61 Å². The number of aromatic nitrogens is 5. The van der Waals surface area contributed by atoms with Gasteiger partial charge < -0.3 is 14.7 Å². The maximum absolute atomic E-state index is 13.0. The standard InChI is InChI=1S/C19H21F5N6O2S/c1-32-19(13-2-4-14(5-3-13)33(20,21,22,23)24)8-10-30(11-9-19)17-7-6-15(26-28-17)18-25-16(12-31)27-29-18/h2-7,31H,8-12H2,1H3,(H,25,27,29). The SMILES string of the molecule is COC1(c2ccc(S(F)(F)(F)(F)F)cc2)CCN(c2ccc(-c3n[nH]c(CO)n3)nn2)CC1. The second-order valence-corrected chi connectivity index (χ2v) is 10.1. The summed E-state index contributed by atoms with van der Waals surface area (Å²) in [5.41, 5.74) is -0.0808. The van der Waals surface area contributed by atoms with E-state index in [2.05, 4.69) is 25.4 Å². The van der Waals surface area contributed by atoms with Crippen LogP contribution in [-0.2, 0) is 16.9 Å². The highest BCUT2D eigenvalue weighted by Crippen LogP contribution is 3.02. The molecule has 33 heavy (non-hydrogen) atoms. The average Bonchev–Trinajstić information content (AvgIpc) is 3.27. The summed E-state index contributed by atoms with van der Waals surface area (Å²) in [6, 6.07) is 6.36. The first-order chi connectivity index (χ1) is 15.3. The molecule has 0 spiro atoms. The Hall–Kier alpha value is -2.84. The van der Waals surface area contributed by atoms with Crippen LogP contribution >= 0.6 is 10.2 Å². The van der Waals surface area contributed by atoms with E-state index in [4.69, 9.17) is 9.84 Å². The van der Waals surface area contributed by atoms with Crippen molar-refractivity contribution >= 4 is 16.0 Å². The normalized spacial score (nSPS) is 18.6. The Balaban J connectivity index is 1.47. The summed E-state index contributed by atoms with van der Waals surface area (Å²) in [5, 5.41) is 23.9. The molecule has 1 fully saturated rings. The van der Waals surface area contributed by atoms with E-state index in [1.54, 1.807) is 12.1 Å². The number of aromatic amines is 1. The summed E-state index contributed by atoms with van der Waals surface area (Å²) >= 11 is 0. The van der Waals surface area contributed by atoms with E-state index >= 15 is 0 Å². The summed E-state index contributed by atoms with van der Waals surface area (Å²) in [7, 11) is -8.28. The first kappa shape index (κ1) is 23.3. The van der Waals surface area contributed by atoms with Gasteiger partial charge in [-0.2, -0.15) is 5.10 Å². The number of piperidine rings is 1. The van der Waals surface area contributed by atoms with Crippen LogP contribution in [0.15, 0.2) is 41.3 Å². The summed E-state index contributed by atoms with van der Waals surface area (Å²) in [6.07, 6.45) is 0.812. The highest BCUT2D eigenvalue weighted by atomic mass is 32.5. The van der Waals surface area contributed by atoms with Crippen molar-refractivity contribution in [2.45, 2.75) is 29.9 Å². The van der Waals surface area contributed by atoms with Crippen LogP contribution in [0.2, 0.25) is 0 Å². The predicted molar refractivity (Wildman–Crippen MR) is 111 cm³/mol. The van der Waals surface area contributed by atoms with Gasteiger partial charge in [0.1, 0.15) is 17.2 Å². The maximum atomic E-state index is 13.0. The van der Waals surface area contributed by atoms with Crippen LogP contribution in [0.4, 0.5) is 25.2 Å². The third-order valence-electron chi connectivity index (χ3n) is 5.67. The highest BCUT2D eigenvalue weighted by molar-refractivity contribution is 8.45. The zero-order chi connectivity index (χ0) is 24.0. The number of hydrogen-bond donors (Lipinski definition) is 2. The van der Waals surface area contributed by atoms with Crippen molar-refractivity contribution in [1.29, 1.82) is 0 Å². The quantitative estimate of drug-likeness (QED) is 0.487. The van der Waals surface area contributed by atoms with Crippen molar-refractivity contribution in [2.75, 3.05) is 25.1 Å². The minimum atomic E-state index is -9.73. The lowest BCUT2D eigenvalue weighted by Crippen LogP contribution is -2.44. The Labute approximate surface area is 185 Å². The van der Waals surface area contributed by atoms with Gasteiger partial charge in [-0.25, -0.2) is 4.98 Å². The number of aliphatic hydroxyl groups excluding tert-OH is 1. The number of hydrogen-bond acceptors (Lipinski definition) is 7. The van der Waals surface area contributed by atoms with E-state index in [9.17, 15) is 19.4 Å². The number of benzene rings is 1. The number of rotatable bonds is 6. The molecular formula is C19H21F5N6O2S. The van der Waals surface area contributed by atoms with Crippen molar-refractivity contribution in [3.8, 4) is 11.5 Å². The molecule has 0 unspecified atom stereocenters. The van der Waals surface area contributed by atoms with Crippen molar-refractivity contribution in [1.82, 2.24) is 25.4 Å². The largest absolute Gasteiger partial charge is 0.388 e. The molecule has 0 aliphatic carbocycles. The predicted octanol–water partition coefficient (Wildman–Crippen LogP) is 4.55. The van der Waals surface area contributed by atoms with Gasteiger partial charge in [0.05, 0.1) is 5.60 Å².